The molecule has 0 bridgehead atoms. The fourth-order valence-electron chi connectivity index (χ4n) is 2.21. The number of benzene rings is 2. The van der Waals surface area contributed by atoms with Crippen LogP contribution in [0.2, 0.25) is 0 Å². The van der Waals surface area contributed by atoms with Gasteiger partial charge in [0.25, 0.3) is 5.52 Å². The summed E-state index contributed by atoms with van der Waals surface area (Å²) in [6, 6.07) is 12.6. The zero-order chi connectivity index (χ0) is 12.7. The second-order valence-corrected chi connectivity index (χ2v) is 4.39. The van der Waals surface area contributed by atoms with Crippen LogP contribution in [0.4, 0.5) is 4.39 Å². The van der Waals surface area contributed by atoms with Crippen LogP contribution in [0.1, 0.15) is 5.56 Å². The molecular weight excluding hydrogens is 229 g/mol. The summed E-state index contributed by atoms with van der Waals surface area (Å²) in [6.07, 6.45) is 0. The van der Waals surface area contributed by atoms with Crippen molar-refractivity contribution in [2.45, 2.75) is 6.92 Å². The monoisotopic (exact) mass is 242 g/mol. The molecule has 0 fully saturated rings. The van der Waals surface area contributed by atoms with Crippen LogP contribution in [0.3, 0.4) is 0 Å². The maximum absolute atomic E-state index is 13.1. The first-order valence-electron chi connectivity index (χ1n) is 5.81. The van der Waals surface area contributed by atoms with E-state index in [1.54, 1.807) is 6.07 Å². The zero-order valence-electron chi connectivity index (χ0n) is 10.3. The first-order valence-corrected chi connectivity index (χ1v) is 5.81. The third-order valence-corrected chi connectivity index (χ3v) is 3.16. The van der Waals surface area contributed by atoms with Crippen molar-refractivity contribution in [2.75, 3.05) is 0 Å². The fourth-order valence-corrected chi connectivity index (χ4v) is 2.21. The van der Waals surface area contributed by atoms with Crippen LogP contribution in [-0.2, 0) is 7.05 Å². The molecule has 3 aromatic rings. The zero-order valence-corrected chi connectivity index (χ0v) is 10.3. The molecule has 0 unspecified atom stereocenters. The van der Waals surface area contributed by atoms with E-state index in [4.69, 9.17) is 4.42 Å². The fraction of sp³-hybridized carbons (Fsp3) is 0.133. The maximum Gasteiger partial charge on any atom is 0.381 e. The lowest BCUT2D eigenvalue weighted by Crippen LogP contribution is -2.28. The van der Waals surface area contributed by atoms with Crippen LogP contribution in [0.15, 0.2) is 46.9 Å². The van der Waals surface area contributed by atoms with Crippen LogP contribution in [0, 0.1) is 12.7 Å². The molecule has 0 aliphatic rings. The third kappa shape index (κ3) is 1.59. The summed E-state index contributed by atoms with van der Waals surface area (Å²) >= 11 is 0. The molecule has 2 nitrogen and oxygen atoms in total. The van der Waals surface area contributed by atoms with Gasteiger partial charge < -0.3 is 4.42 Å². The van der Waals surface area contributed by atoms with E-state index in [1.165, 1.54) is 12.1 Å². The molecule has 0 amide bonds. The molecule has 1 aromatic heterocycles. The van der Waals surface area contributed by atoms with Gasteiger partial charge in [-0.3, -0.25) is 0 Å². The van der Waals surface area contributed by atoms with Gasteiger partial charge in [0, 0.05) is 6.07 Å². The number of aromatic nitrogens is 1. The molecular formula is C15H13FNO+. The lowest BCUT2D eigenvalue weighted by molar-refractivity contribution is -0.637. The number of rotatable bonds is 1. The largest absolute Gasteiger partial charge is 0.398 e. The van der Waals surface area contributed by atoms with E-state index in [9.17, 15) is 4.39 Å². The Morgan fingerprint density at radius 2 is 1.89 bits per heavy atom. The van der Waals surface area contributed by atoms with Gasteiger partial charge in [0.1, 0.15) is 12.9 Å². The van der Waals surface area contributed by atoms with Crippen LogP contribution >= 0.6 is 0 Å². The standard InChI is InChI=1S/C15H13FNO/c1-10-9-11(16)7-8-12(10)15-17(2)13-5-3-4-6-14(13)18-15/h3-9H,1-2H3/q+1. The summed E-state index contributed by atoms with van der Waals surface area (Å²) in [5.41, 5.74) is 3.63. The highest BCUT2D eigenvalue weighted by atomic mass is 19.1. The molecule has 90 valence electrons. The predicted molar refractivity (Wildman–Crippen MR) is 67.5 cm³/mol. The molecule has 1 heterocycles. The van der Waals surface area contributed by atoms with E-state index in [0.717, 1.165) is 28.1 Å². The van der Waals surface area contributed by atoms with Crippen LogP contribution in [-0.4, -0.2) is 0 Å². The number of halogens is 1. The van der Waals surface area contributed by atoms with E-state index < -0.39 is 0 Å². The molecule has 18 heavy (non-hydrogen) atoms. The summed E-state index contributed by atoms with van der Waals surface area (Å²) < 4.78 is 21.0. The summed E-state index contributed by atoms with van der Waals surface area (Å²) in [6.45, 7) is 1.88. The van der Waals surface area contributed by atoms with Crippen molar-refractivity contribution >= 4 is 11.1 Å². The highest BCUT2D eigenvalue weighted by Gasteiger charge is 2.21. The summed E-state index contributed by atoms with van der Waals surface area (Å²) in [5, 5.41) is 0. The number of aryl methyl sites for hydroxylation is 2. The van der Waals surface area contributed by atoms with Gasteiger partial charge >= 0.3 is 5.89 Å². The Bertz CT molecular complexity index is 730. The van der Waals surface area contributed by atoms with Gasteiger partial charge in [-0.2, -0.15) is 4.57 Å². The Morgan fingerprint density at radius 3 is 2.61 bits per heavy atom. The van der Waals surface area contributed by atoms with E-state index >= 15 is 0 Å². The molecule has 0 aliphatic carbocycles. The van der Waals surface area contributed by atoms with Gasteiger partial charge in [-0.25, -0.2) is 4.39 Å². The molecule has 0 atom stereocenters. The number of nitrogens with zero attached hydrogens (tertiary/aromatic N) is 1. The van der Waals surface area contributed by atoms with Crippen molar-refractivity contribution in [3.05, 3.63) is 53.8 Å². The lowest BCUT2D eigenvalue weighted by atomic mass is 10.1. The molecule has 0 spiro atoms. The van der Waals surface area contributed by atoms with E-state index in [1.807, 2.05) is 42.8 Å². The quantitative estimate of drug-likeness (QED) is 0.598. The number of hydrogen-bond acceptors (Lipinski definition) is 1. The van der Waals surface area contributed by atoms with E-state index in [-0.39, 0.29) is 5.82 Å². The molecule has 0 saturated carbocycles. The number of para-hydroxylation sites is 2. The highest BCUT2D eigenvalue weighted by Crippen LogP contribution is 2.25. The summed E-state index contributed by atoms with van der Waals surface area (Å²) in [4.78, 5) is 0. The normalized spacial score (nSPS) is 11.1. The summed E-state index contributed by atoms with van der Waals surface area (Å²) in [5.74, 6) is 0.517. The molecule has 0 radical (unpaired) electrons. The molecule has 0 N–H and O–H groups in total. The maximum atomic E-state index is 13.1. The number of hydrogen-bond donors (Lipinski definition) is 0. The van der Waals surface area contributed by atoms with Gasteiger partial charge in [0.2, 0.25) is 5.58 Å². The van der Waals surface area contributed by atoms with Crippen molar-refractivity contribution < 1.29 is 13.4 Å². The van der Waals surface area contributed by atoms with Crippen molar-refractivity contribution in [1.82, 2.24) is 0 Å². The Labute approximate surface area is 104 Å². The van der Waals surface area contributed by atoms with Crippen LogP contribution in [0.25, 0.3) is 22.6 Å². The molecule has 3 rings (SSSR count). The Kier molecular flexibility index (Phi) is 2.40. The predicted octanol–water partition coefficient (Wildman–Crippen LogP) is 3.37. The van der Waals surface area contributed by atoms with Gasteiger partial charge in [0.05, 0.1) is 5.56 Å². The second kappa shape index (κ2) is 3.95. The highest BCUT2D eigenvalue weighted by molar-refractivity contribution is 5.71. The molecule has 0 saturated heterocycles. The Morgan fingerprint density at radius 1 is 1.11 bits per heavy atom. The van der Waals surface area contributed by atoms with Crippen molar-refractivity contribution in [1.29, 1.82) is 0 Å². The first kappa shape index (κ1) is 11.0. The van der Waals surface area contributed by atoms with Crippen LogP contribution < -0.4 is 4.57 Å². The van der Waals surface area contributed by atoms with Crippen molar-refractivity contribution in [3.63, 3.8) is 0 Å². The van der Waals surface area contributed by atoms with Crippen LogP contribution in [0.5, 0.6) is 0 Å². The van der Waals surface area contributed by atoms with Crippen molar-refractivity contribution in [3.8, 4) is 11.5 Å². The van der Waals surface area contributed by atoms with E-state index in [2.05, 4.69) is 0 Å². The third-order valence-electron chi connectivity index (χ3n) is 3.16. The molecule has 3 heteroatoms. The first-order chi connectivity index (χ1) is 8.66. The van der Waals surface area contributed by atoms with Gasteiger partial charge in [-0.05, 0) is 36.8 Å². The van der Waals surface area contributed by atoms with Gasteiger partial charge in [-0.15, -0.1) is 0 Å². The molecule has 0 aliphatic heterocycles. The van der Waals surface area contributed by atoms with E-state index in [0.29, 0.717) is 0 Å². The summed E-state index contributed by atoms with van der Waals surface area (Å²) in [7, 11) is 1.95. The SMILES string of the molecule is Cc1cc(F)ccc1-c1oc2ccccc2[n+]1C. The number of fused-ring (bicyclic) bond motifs is 1. The van der Waals surface area contributed by atoms with Gasteiger partial charge in [-0.1, -0.05) is 12.1 Å². The number of oxazole rings is 1. The topological polar surface area (TPSA) is 17.0 Å². The Hall–Kier alpha value is -2.16. The lowest BCUT2D eigenvalue weighted by Gasteiger charge is -1.98. The minimum Gasteiger partial charge on any atom is -0.398 e. The molecule has 2 aromatic carbocycles. The minimum atomic E-state index is -0.227. The Balaban J connectivity index is 2.28. The van der Waals surface area contributed by atoms with Crippen molar-refractivity contribution in [2.24, 2.45) is 7.05 Å². The van der Waals surface area contributed by atoms with Gasteiger partial charge in [0.15, 0.2) is 0 Å². The smallest absolute Gasteiger partial charge is 0.381 e. The second-order valence-electron chi connectivity index (χ2n) is 4.39. The average molecular weight is 242 g/mol. The average Bonchev–Trinajstić information content (AvgIpc) is 2.68. The minimum absolute atomic E-state index is 0.227.